The quantitative estimate of drug-likeness (QED) is 0.860. The van der Waals surface area contributed by atoms with Gasteiger partial charge >= 0.3 is 0 Å². The van der Waals surface area contributed by atoms with Crippen molar-refractivity contribution in [3.05, 3.63) is 41.2 Å². The molecule has 0 atom stereocenters. The number of thioether (sulfide) groups is 1. The van der Waals surface area contributed by atoms with Crippen molar-refractivity contribution >= 4 is 35.0 Å². The van der Waals surface area contributed by atoms with Gasteiger partial charge in [0.2, 0.25) is 5.91 Å². The van der Waals surface area contributed by atoms with Crippen LogP contribution in [-0.2, 0) is 11.8 Å². The number of hydrogen-bond donors (Lipinski definition) is 1. The number of halogens is 1. The summed E-state index contributed by atoms with van der Waals surface area (Å²) in [5.41, 5.74) is 1.72. The summed E-state index contributed by atoms with van der Waals surface area (Å²) in [5.74, 6) is 0.669. The molecule has 1 heterocycles. The Kier molecular flexibility index (Phi) is 5.09. The zero-order chi connectivity index (χ0) is 14.5. The third-order valence-corrected chi connectivity index (χ3v) is 4.26. The van der Waals surface area contributed by atoms with Crippen LogP contribution in [0.1, 0.15) is 12.0 Å². The molecular formula is C14H16ClN3OS. The van der Waals surface area contributed by atoms with E-state index >= 15 is 0 Å². The molecule has 106 valence electrons. The van der Waals surface area contributed by atoms with Crippen molar-refractivity contribution in [1.29, 1.82) is 0 Å². The van der Waals surface area contributed by atoms with Gasteiger partial charge in [-0.2, -0.15) is 0 Å². The van der Waals surface area contributed by atoms with E-state index in [1.807, 2.05) is 36.9 Å². The number of aromatic nitrogens is 2. The van der Waals surface area contributed by atoms with Crippen molar-refractivity contribution in [2.24, 2.45) is 7.05 Å². The maximum Gasteiger partial charge on any atom is 0.225 e. The largest absolute Gasteiger partial charge is 0.329 e. The molecule has 0 radical (unpaired) electrons. The molecular weight excluding hydrogens is 294 g/mol. The van der Waals surface area contributed by atoms with Gasteiger partial charge in [0.25, 0.3) is 0 Å². The van der Waals surface area contributed by atoms with Gasteiger partial charge in [0, 0.05) is 42.3 Å². The molecule has 0 aliphatic heterocycles. The van der Waals surface area contributed by atoms with Gasteiger partial charge in [0.1, 0.15) is 0 Å². The van der Waals surface area contributed by atoms with Gasteiger partial charge in [-0.1, -0.05) is 29.4 Å². The van der Waals surface area contributed by atoms with E-state index in [1.165, 1.54) is 0 Å². The van der Waals surface area contributed by atoms with Gasteiger partial charge < -0.3 is 9.88 Å². The third-order valence-electron chi connectivity index (χ3n) is 2.79. The van der Waals surface area contributed by atoms with Gasteiger partial charge in [0.05, 0.1) is 0 Å². The Morgan fingerprint density at radius 1 is 1.50 bits per heavy atom. The number of anilines is 1. The van der Waals surface area contributed by atoms with Crippen LogP contribution in [0.2, 0.25) is 5.02 Å². The molecule has 1 aromatic carbocycles. The Bertz CT molecular complexity index is 612. The van der Waals surface area contributed by atoms with Crippen molar-refractivity contribution in [2.75, 3.05) is 11.1 Å². The summed E-state index contributed by atoms with van der Waals surface area (Å²) in [4.78, 5) is 16.0. The lowest BCUT2D eigenvalue weighted by molar-refractivity contribution is -0.115. The fraction of sp³-hybridized carbons (Fsp3) is 0.286. The summed E-state index contributed by atoms with van der Waals surface area (Å²) in [5, 5.41) is 4.41. The number of benzene rings is 1. The van der Waals surface area contributed by atoms with Gasteiger partial charge in [-0.15, -0.1) is 0 Å². The minimum Gasteiger partial charge on any atom is -0.329 e. The second kappa shape index (κ2) is 6.81. The summed E-state index contributed by atoms with van der Waals surface area (Å²) in [6.45, 7) is 1.93. The molecule has 0 unspecified atom stereocenters. The van der Waals surface area contributed by atoms with Gasteiger partial charge in [-0.3, -0.25) is 4.79 Å². The molecule has 1 aromatic heterocycles. The van der Waals surface area contributed by atoms with Crippen LogP contribution in [0.3, 0.4) is 0 Å². The highest BCUT2D eigenvalue weighted by atomic mass is 35.5. The fourth-order valence-corrected chi connectivity index (χ4v) is 2.67. The zero-order valence-corrected chi connectivity index (χ0v) is 13.0. The van der Waals surface area contributed by atoms with E-state index in [4.69, 9.17) is 11.6 Å². The molecule has 0 saturated carbocycles. The maximum atomic E-state index is 11.8. The van der Waals surface area contributed by atoms with Crippen LogP contribution in [0.5, 0.6) is 0 Å². The second-order valence-corrected chi connectivity index (χ2v) is 5.90. The number of rotatable bonds is 5. The smallest absolute Gasteiger partial charge is 0.225 e. The fourth-order valence-electron chi connectivity index (χ4n) is 1.62. The maximum absolute atomic E-state index is 11.8. The summed E-state index contributed by atoms with van der Waals surface area (Å²) < 4.78 is 1.93. The molecule has 0 bridgehead atoms. The normalized spacial score (nSPS) is 10.6. The highest BCUT2D eigenvalue weighted by Crippen LogP contribution is 2.20. The minimum absolute atomic E-state index is 0.0216. The van der Waals surface area contributed by atoms with E-state index < -0.39 is 0 Å². The molecule has 2 rings (SSSR count). The molecule has 20 heavy (non-hydrogen) atoms. The van der Waals surface area contributed by atoms with Crippen molar-refractivity contribution in [2.45, 2.75) is 18.5 Å². The summed E-state index contributed by atoms with van der Waals surface area (Å²) in [6, 6.07) is 5.51. The predicted octanol–water partition coefficient (Wildman–Crippen LogP) is 3.50. The number of amides is 1. The van der Waals surface area contributed by atoms with Gasteiger partial charge in [-0.05, 0) is 24.6 Å². The number of imidazole rings is 1. The predicted molar refractivity (Wildman–Crippen MR) is 83.4 cm³/mol. The molecule has 2 aromatic rings. The number of carbonyl (C=O) groups excluding carboxylic acids is 1. The van der Waals surface area contributed by atoms with E-state index in [9.17, 15) is 4.79 Å². The van der Waals surface area contributed by atoms with E-state index in [1.54, 1.807) is 24.0 Å². The van der Waals surface area contributed by atoms with Crippen LogP contribution in [0.15, 0.2) is 35.7 Å². The average molecular weight is 310 g/mol. The lowest BCUT2D eigenvalue weighted by atomic mass is 10.2. The standard InChI is InChI=1S/C14H16ClN3OS/c1-10-3-4-11(9-12(10)15)17-13(19)5-8-20-14-16-6-7-18(14)2/h3-4,6-7,9H,5,8H2,1-2H3,(H,17,19). The minimum atomic E-state index is -0.0216. The highest BCUT2D eigenvalue weighted by Gasteiger charge is 2.06. The molecule has 6 heteroatoms. The van der Waals surface area contributed by atoms with E-state index in [0.717, 1.165) is 16.4 Å². The summed E-state index contributed by atoms with van der Waals surface area (Å²) in [7, 11) is 1.93. The second-order valence-electron chi connectivity index (χ2n) is 4.43. The Balaban J connectivity index is 1.80. The lowest BCUT2D eigenvalue weighted by Gasteiger charge is -2.07. The number of nitrogens with one attached hydrogen (secondary N) is 1. The monoisotopic (exact) mass is 309 g/mol. The Morgan fingerprint density at radius 2 is 2.30 bits per heavy atom. The van der Waals surface area contributed by atoms with Crippen LogP contribution in [0, 0.1) is 6.92 Å². The molecule has 0 spiro atoms. The van der Waals surface area contributed by atoms with Crippen LogP contribution in [-0.4, -0.2) is 21.2 Å². The molecule has 0 fully saturated rings. The first-order chi connectivity index (χ1) is 9.56. The molecule has 0 aliphatic carbocycles. The first-order valence-corrected chi connectivity index (χ1v) is 7.59. The van der Waals surface area contributed by atoms with Crippen LogP contribution in [0.4, 0.5) is 5.69 Å². The van der Waals surface area contributed by atoms with E-state index in [-0.39, 0.29) is 5.91 Å². The summed E-state index contributed by atoms with van der Waals surface area (Å²) >= 11 is 7.58. The van der Waals surface area contributed by atoms with Crippen molar-refractivity contribution in [3.8, 4) is 0 Å². The SMILES string of the molecule is Cc1ccc(NC(=O)CCSc2nccn2C)cc1Cl. The third kappa shape index (κ3) is 4.02. The van der Waals surface area contributed by atoms with Crippen molar-refractivity contribution in [1.82, 2.24) is 9.55 Å². The first-order valence-electron chi connectivity index (χ1n) is 6.22. The zero-order valence-electron chi connectivity index (χ0n) is 11.4. The number of nitrogens with zero attached hydrogens (tertiary/aromatic N) is 2. The molecule has 1 amide bonds. The molecule has 1 N–H and O–H groups in total. The lowest BCUT2D eigenvalue weighted by Crippen LogP contribution is -2.12. The molecule has 0 saturated heterocycles. The van der Waals surface area contributed by atoms with Crippen molar-refractivity contribution < 1.29 is 4.79 Å². The van der Waals surface area contributed by atoms with Crippen LogP contribution in [0.25, 0.3) is 0 Å². The van der Waals surface area contributed by atoms with Crippen LogP contribution >= 0.6 is 23.4 Å². The van der Waals surface area contributed by atoms with Gasteiger partial charge in [0.15, 0.2) is 5.16 Å². The highest BCUT2D eigenvalue weighted by molar-refractivity contribution is 7.99. The number of aryl methyl sites for hydroxylation is 2. The van der Waals surface area contributed by atoms with Gasteiger partial charge in [-0.25, -0.2) is 4.98 Å². The number of hydrogen-bond acceptors (Lipinski definition) is 3. The van der Waals surface area contributed by atoms with Crippen LogP contribution < -0.4 is 5.32 Å². The first kappa shape index (κ1) is 14.9. The number of carbonyl (C=O) groups is 1. The molecule has 0 aliphatic rings. The van der Waals surface area contributed by atoms with E-state index in [0.29, 0.717) is 17.2 Å². The topological polar surface area (TPSA) is 46.9 Å². The Morgan fingerprint density at radius 3 is 2.95 bits per heavy atom. The van der Waals surface area contributed by atoms with E-state index in [2.05, 4.69) is 10.3 Å². The molecule has 4 nitrogen and oxygen atoms in total. The Hall–Kier alpha value is -1.46. The van der Waals surface area contributed by atoms with Crippen molar-refractivity contribution in [3.63, 3.8) is 0 Å². The summed E-state index contributed by atoms with van der Waals surface area (Å²) in [6.07, 6.45) is 4.07. The average Bonchev–Trinajstić information content (AvgIpc) is 2.80. The Labute approximate surface area is 127 Å².